The zero-order chi connectivity index (χ0) is 13.0. The van der Waals surface area contributed by atoms with Crippen LogP contribution >= 0.6 is 27.3 Å². The summed E-state index contributed by atoms with van der Waals surface area (Å²) in [5.74, 6) is -0.250. The minimum atomic E-state index is -0.250. The molecule has 0 bridgehead atoms. The van der Waals surface area contributed by atoms with Crippen LogP contribution < -0.4 is 5.32 Å². The highest BCUT2D eigenvalue weighted by Crippen LogP contribution is 2.28. The topological polar surface area (TPSA) is 24.9 Å². The molecule has 18 heavy (non-hydrogen) atoms. The Hall–Kier alpha value is -0.780. The summed E-state index contributed by atoms with van der Waals surface area (Å²) >= 11 is 4.83. The number of halogens is 2. The van der Waals surface area contributed by atoms with E-state index in [1.54, 1.807) is 23.5 Å². The highest BCUT2D eigenvalue weighted by Gasteiger charge is 2.07. The number of thiazole rings is 1. The van der Waals surface area contributed by atoms with E-state index in [4.69, 9.17) is 0 Å². The molecule has 2 rings (SSSR count). The summed E-state index contributed by atoms with van der Waals surface area (Å²) in [5.41, 5.74) is 0.940. The zero-order valence-electron chi connectivity index (χ0n) is 10.0. The maximum absolute atomic E-state index is 13.2. The molecule has 0 saturated carbocycles. The van der Waals surface area contributed by atoms with Crippen LogP contribution in [-0.4, -0.2) is 11.5 Å². The first-order valence-corrected chi connectivity index (χ1v) is 7.42. The van der Waals surface area contributed by atoms with Crippen molar-refractivity contribution >= 4 is 27.3 Å². The van der Waals surface area contributed by atoms with Crippen molar-refractivity contribution in [3.05, 3.63) is 39.6 Å². The number of nitrogens with one attached hydrogen (secondary N) is 1. The number of hydrogen-bond acceptors (Lipinski definition) is 3. The van der Waals surface area contributed by atoms with Crippen molar-refractivity contribution in [3.63, 3.8) is 0 Å². The van der Waals surface area contributed by atoms with Gasteiger partial charge in [0, 0.05) is 23.2 Å². The van der Waals surface area contributed by atoms with E-state index in [1.165, 1.54) is 10.9 Å². The molecule has 0 unspecified atom stereocenters. The largest absolute Gasteiger partial charge is 0.312 e. The summed E-state index contributed by atoms with van der Waals surface area (Å²) in [6.45, 7) is 3.99. The Balaban J connectivity index is 2.11. The van der Waals surface area contributed by atoms with E-state index in [0.717, 1.165) is 30.1 Å². The van der Waals surface area contributed by atoms with E-state index in [0.29, 0.717) is 4.47 Å². The van der Waals surface area contributed by atoms with Crippen LogP contribution in [-0.2, 0) is 6.54 Å². The standard InChI is InChI=1S/C13H14BrFN2S/c1-2-5-16-7-10-8-17-13(18-10)9-3-4-12(15)11(14)6-9/h3-4,6,8,16H,2,5,7H2,1H3. The van der Waals surface area contributed by atoms with Crippen molar-refractivity contribution in [2.24, 2.45) is 0 Å². The first-order chi connectivity index (χ1) is 8.70. The molecule has 1 heterocycles. The van der Waals surface area contributed by atoms with Crippen molar-refractivity contribution in [1.82, 2.24) is 10.3 Å². The van der Waals surface area contributed by atoms with Crippen LogP contribution in [0.25, 0.3) is 10.6 Å². The lowest BCUT2D eigenvalue weighted by Gasteiger charge is -1.99. The van der Waals surface area contributed by atoms with Crippen molar-refractivity contribution in [3.8, 4) is 10.6 Å². The second-order valence-electron chi connectivity index (χ2n) is 3.94. The Morgan fingerprint density at radius 3 is 3.00 bits per heavy atom. The van der Waals surface area contributed by atoms with Crippen molar-refractivity contribution < 1.29 is 4.39 Å². The maximum atomic E-state index is 13.2. The molecule has 0 amide bonds. The van der Waals surface area contributed by atoms with E-state index in [9.17, 15) is 4.39 Å². The van der Waals surface area contributed by atoms with Crippen LogP contribution in [0, 0.1) is 5.82 Å². The Labute approximate surface area is 118 Å². The van der Waals surface area contributed by atoms with Crippen LogP contribution in [0.15, 0.2) is 28.9 Å². The van der Waals surface area contributed by atoms with E-state index in [-0.39, 0.29) is 5.82 Å². The fraction of sp³-hybridized carbons (Fsp3) is 0.308. The first kappa shape index (κ1) is 13.6. The number of hydrogen-bond donors (Lipinski definition) is 1. The Bertz CT molecular complexity index is 527. The third kappa shape index (κ3) is 3.37. The Morgan fingerprint density at radius 2 is 2.28 bits per heavy atom. The molecule has 5 heteroatoms. The summed E-state index contributed by atoms with van der Waals surface area (Å²) in [6, 6.07) is 4.97. The quantitative estimate of drug-likeness (QED) is 0.831. The number of rotatable bonds is 5. The smallest absolute Gasteiger partial charge is 0.137 e. The molecule has 2 nitrogen and oxygen atoms in total. The first-order valence-electron chi connectivity index (χ1n) is 5.81. The summed E-state index contributed by atoms with van der Waals surface area (Å²) in [4.78, 5) is 5.56. The third-order valence-electron chi connectivity index (χ3n) is 2.45. The van der Waals surface area contributed by atoms with Crippen molar-refractivity contribution in [1.29, 1.82) is 0 Å². The molecule has 0 radical (unpaired) electrons. The number of nitrogens with zero attached hydrogens (tertiary/aromatic N) is 1. The summed E-state index contributed by atoms with van der Waals surface area (Å²) in [5, 5.41) is 4.26. The molecule has 2 aromatic rings. The molecule has 0 aliphatic heterocycles. The summed E-state index contributed by atoms with van der Waals surface area (Å²) < 4.78 is 13.6. The van der Waals surface area contributed by atoms with Gasteiger partial charge >= 0.3 is 0 Å². The molecular weight excluding hydrogens is 315 g/mol. The third-order valence-corrected chi connectivity index (χ3v) is 4.10. The average Bonchev–Trinajstić information content (AvgIpc) is 2.82. The zero-order valence-corrected chi connectivity index (χ0v) is 12.4. The van der Waals surface area contributed by atoms with Gasteiger partial charge in [-0.05, 0) is 47.1 Å². The summed E-state index contributed by atoms with van der Waals surface area (Å²) in [6.07, 6.45) is 3.00. The lowest BCUT2D eigenvalue weighted by atomic mass is 10.2. The predicted molar refractivity (Wildman–Crippen MR) is 77.2 cm³/mol. The molecule has 0 atom stereocenters. The monoisotopic (exact) mass is 328 g/mol. The van der Waals surface area contributed by atoms with Crippen LogP contribution in [0.1, 0.15) is 18.2 Å². The number of benzene rings is 1. The fourth-order valence-electron chi connectivity index (χ4n) is 1.54. The van der Waals surface area contributed by atoms with Gasteiger partial charge in [-0.1, -0.05) is 6.92 Å². The van der Waals surface area contributed by atoms with Gasteiger partial charge in [0.05, 0.1) is 4.47 Å². The van der Waals surface area contributed by atoms with Gasteiger partial charge < -0.3 is 5.32 Å². The summed E-state index contributed by atoms with van der Waals surface area (Å²) in [7, 11) is 0. The van der Waals surface area contributed by atoms with Crippen LogP contribution in [0.4, 0.5) is 4.39 Å². The van der Waals surface area contributed by atoms with Crippen LogP contribution in [0.5, 0.6) is 0 Å². The molecule has 96 valence electrons. The van der Waals surface area contributed by atoms with Gasteiger partial charge in [0.1, 0.15) is 10.8 Å². The minimum absolute atomic E-state index is 0.250. The van der Waals surface area contributed by atoms with Gasteiger partial charge in [0.15, 0.2) is 0 Å². The molecular formula is C13H14BrFN2S. The van der Waals surface area contributed by atoms with E-state index in [1.807, 2.05) is 6.20 Å². The Morgan fingerprint density at radius 1 is 1.44 bits per heavy atom. The van der Waals surface area contributed by atoms with Gasteiger partial charge in [-0.25, -0.2) is 9.37 Å². The SMILES string of the molecule is CCCNCc1cnc(-c2ccc(F)c(Br)c2)s1. The fourth-order valence-corrected chi connectivity index (χ4v) is 2.80. The maximum Gasteiger partial charge on any atom is 0.137 e. The van der Waals surface area contributed by atoms with E-state index < -0.39 is 0 Å². The van der Waals surface area contributed by atoms with Gasteiger partial charge in [-0.2, -0.15) is 0 Å². The normalized spacial score (nSPS) is 10.8. The molecule has 1 aromatic carbocycles. The highest BCUT2D eigenvalue weighted by atomic mass is 79.9. The number of aromatic nitrogens is 1. The van der Waals surface area contributed by atoms with Crippen LogP contribution in [0.3, 0.4) is 0 Å². The van der Waals surface area contributed by atoms with Crippen LogP contribution in [0.2, 0.25) is 0 Å². The average molecular weight is 329 g/mol. The second-order valence-corrected chi connectivity index (χ2v) is 5.91. The van der Waals surface area contributed by atoms with Gasteiger partial charge in [0.25, 0.3) is 0 Å². The van der Waals surface area contributed by atoms with Crippen molar-refractivity contribution in [2.75, 3.05) is 6.54 Å². The lowest BCUT2D eigenvalue weighted by Crippen LogP contribution is -2.12. The van der Waals surface area contributed by atoms with Crippen molar-refractivity contribution in [2.45, 2.75) is 19.9 Å². The van der Waals surface area contributed by atoms with E-state index >= 15 is 0 Å². The molecule has 1 aromatic heterocycles. The van der Waals surface area contributed by atoms with Gasteiger partial charge in [-0.15, -0.1) is 11.3 Å². The molecule has 0 saturated heterocycles. The van der Waals surface area contributed by atoms with Gasteiger partial charge in [-0.3, -0.25) is 0 Å². The Kier molecular flexibility index (Phi) is 4.86. The molecule has 0 aliphatic rings. The van der Waals surface area contributed by atoms with Gasteiger partial charge in [0.2, 0.25) is 0 Å². The van der Waals surface area contributed by atoms with E-state index in [2.05, 4.69) is 33.2 Å². The molecule has 0 spiro atoms. The predicted octanol–water partition coefficient (Wildman–Crippen LogP) is 4.21. The lowest BCUT2D eigenvalue weighted by molar-refractivity contribution is 0.621. The molecule has 1 N–H and O–H groups in total. The molecule has 0 aliphatic carbocycles. The minimum Gasteiger partial charge on any atom is -0.312 e. The highest BCUT2D eigenvalue weighted by molar-refractivity contribution is 9.10. The molecule has 0 fully saturated rings. The second kappa shape index (κ2) is 6.41.